The first-order valence-corrected chi connectivity index (χ1v) is 21.7. The first kappa shape index (κ1) is 47.1. The van der Waals surface area contributed by atoms with Gasteiger partial charge in [-0.05, 0) is 33.4 Å². The molecule has 0 aromatic heterocycles. The molecule has 0 radical (unpaired) electrons. The van der Waals surface area contributed by atoms with Crippen LogP contribution in [0.15, 0.2) is 182 Å². The van der Waals surface area contributed by atoms with Crippen molar-refractivity contribution in [2.75, 3.05) is 13.7 Å². The number of hydrogen-bond donors (Lipinski definition) is 1. The average Bonchev–Trinajstić information content (AvgIpc) is 3.37. The molecule has 13 nitrogen and oxygen atoms in total. The molecule has 3 unspecified atom stereocenters. The lowest BCUT2D eigenvalue weighted by Crippen LogP contribution is -2.69. The summed E-state index contributed by atoms with van der Waals surface area (Å²) in [6, 6.07) is 54.6. The predicted molar refractivity (Wildman–Crippen MR) is 244 cm³/mol. The highest BCUT2D eigenvalue weighted by atomic mass is 16.6. The van der Waals surface area contributed by atoms with E-state index in [1.807, 2.05) is 133 Å². The summed E-state index contributed by atoms with van der Waals surface area (Å²) in [5, 5.41) is 0.743. The standard InChI is InChI=1S/C53H54N2O11/c1-59-51(56)46(55(53(58)65-37-44-30-18-7-19-31-44)54-52(57)64-36-43-28-16-6-17-29-43)48-50(63-35-42-26-14-5-15-27-42)49(62-34-41-24-12-4-13-25-41)47(61-33-40-22-10-3-11-23-40)45(66-48)38-60-32-39-20-8-2-9-21-39/h2-31,45-50H,32-38H2,1H3,(H,54,57)/t45?,46-,47-,48+,49?,50?/m1/s1. The Labute approximate surface area is 385 Å². The summed E-state index contributed by atoms with van der Waals surface area (Å²) in [6.07, 6.45) is -7.54. The molecule has 0 aliphatic carbocycles. The fourth-order valence-electron chi connectivity index (χ4n) is 7.46. The zero-order valence-electron chi connectivity index (χ0n) is 36.7. The molecular formula is C53H54N2O11. The molecule has 0 bridgehead atoms. The van der Waals surface area contributed by atoms with Gasteiger partial charge in [-0.25, -0.2) is 19.8 Å². The highest BCUT2D eigenvalue weighted by molar-refractivity contribution is 5.84. The van der Waals surface area contributed by atoms with Crippen LogP contribution < -0.4 is 5.43 Å². The molecule has 1 aliphatic heterocycles. The molecule has 342 valence electrons. The smallest absolute Gasteiger partial charge is 0.430 e. The van der Waals surface area contributed by atoms with Crippen LogP contribution in [-0.2, 0) is 82.3 Å². The van der Waals surface area contributed by atoms with Gasteiger partial charge in [0, 0.05) is 0 Å². The minimum absolute atomic E-state index is 0.0377. The maximum absolute atomic E-state index is 14.5. The topological polar surface area (TPSA) is 140 Å². The largest absolute Gasteiger partial charge is 0.467 e. The van der Waals surface area contributed by atoms with Gasteiger partial charge in [-0.1, -0.05) is 182 Å². The van der Waals surface area contributed by atoms with E-state index in [1.54, 1.807) is 48.5 Å². The monoisotopic (exact) mass is 894 g/mol. The van der Waals surface area contributed by atoms with Crippen molar-refractivity contribution in [1.29, 1.82) is 0 Å². The second-order valence-corrected chi connectivity index (χ2v) is 15.5. The highest BCUT2D eigenvalue weighted by Gasteiger charge is 2.55. The van der Waals surface area contributed by atoms with Gasteiger partial charge in [0.25, 0.3) is 0 Å². The van der Waals surface area contributed by atoms with Crippen molar-refractivity contribution in [3.8, 4) is 0 Å². The third-order valence-electron chi connectivity index (χ3n) is 10.8. The zero-order chi connectivity index (χ0) is 45.8. The summed E-state index contributed by atoms with van der Waals surface area (Å²) >= 11 is 0. The van der Waals surface area contributed by atoms with Crippen molar-refractivity contribution in [2.45, 2.75) is 76.2 Å². The van der Waals surface area contributed by atoms with Gasteiger partial charge < -0.3 is 37.9 Å². The van der Waals surface area contributed by atoms with Crippen LogP contribution in [0.5, 0.6) is 0 Å². The molecule has 1 aliphatic rings. The first-order valence-electron chi connectivity index (χ1n) is 21.7. The molecular weight excluding hydrogens is 841 g/mol. The molecule has 1 saturated heterocycles. The first-order chi connectivity index (χ1) is 32.4. The van der Waals surface area contributed by atoms with E-state index >= 15 is 0 Å². The van der Waals surface area contributed by atoms with E-state index in [0.717, 1.165) is 27.3 Å². The number of hydrogen-bond acceptors (Lipinski definition) is 11. The number of carbonyl (C=O) groups excluding carboxylic acids is 3. The van der Waals surface area contributed by atoms with Crippen molar-refractivity contribution >= 4 is 18.2 Å². The van der Waals surface area contributed by atoms with E-state index in [2.05, 4.69) is 5.43 Å². The fraction of sp³-hybridized carbons (Fsp3) is 0.264. The van der Waals surface area contributed by atoms with Crippen molar-refractivity contribution in [1.82, 2.24) is 10.4 Å². The molecule has 0 saturated carbocycles. The Hall–Kier alpha value is -6.87. The van der Waals surface area contributed by atoms with Crippen LogP contribution in [0, 0.1) is 0 Å². The summed E-state index contributed by atoms with van der Waals surface area (Å²) in [7, 11) is 1.18. The Morgan fingerprint density at radius 2 is 0.879 bits per heavy atom. The lowest BCUT2D eigenvalue weighted by Gasteiger charge is -2.48. The van der Waals surface area contributed by atoms with Gasteiger partial charge in [0.05, 0.1) is 40.1 Å². The number of carbonyl (C=O) groups is 3. The molecule has 2 amide bonds. The molecule has 1 heterocycles. The van der Waals surface area contributed by atoms with E-state index in [1.165, 1.54) is 7.11 Å². The SMILES string of the molecule is COC(=O)[C@@H]([C@@H]1OC(COCc2ccccc2)[C@@H](OCc2ccccc2)C(OCc2ccccc2)C1OCc1ccccc1)N(NC(=O)OCc1ccccc1)C(=O)OCc1ccccc1. The second kappa shape index (κ2) is 25.0. The van der Waals surface area contributed by atoms with Crippen molar-refractivity contribution in [2.24, 2.45) is 0 Å². The number of rotatable bonds is 20. The van der Waals surface area contributed by atoms with Crippen LogP contribution in [0.1, 0.15) is 33.4 Å². The number of nitrogens with one attached hydrogen (secondary N) is 1. The van der Waals surface area contributed by atoms with Crippen LogP contribution in [0.2, 0.25) is 0 Å². The summed E-state index contributed by atoms with van der Waals surface area (Å²) in [4.78, 5) is 42.7. The van der Waals surface area contributed by atoms with Crippen molar-refractivity contribution in [3.05, 3.63) is 215 Å². The third kappa shape index (κ3) is 13.8. The Morgan fingerprint density at radius 1 is 0.500 bits per heavy atom. The number of esters is 1. The molecule has 66 heavy (non-hydrogen) atoms. The number of hydrazine groups is 1. The van der Waals surface area contributed by atoms with Crippen LogP contribution in [0.25, 0.3) is 0 Å². The summed E-state index contributed by atoms with van der Waals surface area (Å²) in [6.45, 7) is 0.171. The van der Waals surface area contributed by atoms with Crippen LogP contribution >= 0.6 is 0 Å². The van der Waals surface area contributed by atoms with Crippen molar-refractivity contribution < 1.29 is 52.3 Å². The van der Waals surface area contributed by atoms with E-state index in [0.29, 0.717) is 11.1 Å². The normalized spacial score (nSPS) is 18.3. The molecule has 7 rings (SSSR count). The zero-order valence-corrected chi connectivity index (χ0v) is 36.7. The molecule has 1 N–H and O–H groups in total. The maximum Gasteiger partial charge on any atom is 0.430 e. The molecule has 6 aromatic carbocycles. The van der Waals surface area contributed by atoms with Gasteiger partial charge in [-0.3, -0.25) is 0 Å². The highest BCUT2D eigenvalue weighted by Crippen LogP contribution is 2.34. The Kier molecular flexibility index (Phi) is 17.8. The Morgan fingerprint density at radius 3 is 1.32 bits per heavy atom. The number of amides is 2. The third-order valence-corrected chi connectivity index (χ3v) is 10.8. The van der Waals surface area contributed by atoms with Gasteiger partial charge in [-0.15, -0.1) is 0 Å². The molecule has 6 aromatic rings. The quantitative estimate of drug-likeness (QED) is 0.0447. The lowest BCUT2D eigenvalue weighted by molar-refractivity contribution is -0.281. The number of nitrogens with zero attached hydrogens (tertiary/aromatic N) is 1. The number of ether oxygens (including phenoxy) is 8. The van der Waals surface area contributed by atoms with Crippen LogP contribution in [0.4, 0.5) is 9.59 Å². The van der Waals surface area contributed by atoms with Crippen LogP contribution in [-0.4, -0.2) is 73.4 Å². The van der Waals surface area contributed by atoms with E-state index < -0.39 is 54.7 Å². The van der Waals surface area contributed by atoms with Crippen LogP contribution in [0.3, 0.4) is 0 Å². The van der Waals surface area contributed by atoms with Gasteiger partial charge >= 0.3 is 18.2 Å². The fourth-order valence-corrected chi connectivity index (χ4v) is 7.46. The number of benzene rings is 6. The van der Waals surface area contributed by atoms with Gasteiger partial charge in [0.2, 0.25) is 0 Å². The predicted octanol–water partition coefficient (Wildman–Crippen LogP) is 8.75. The van der Waals surface area contributed by atoms with Gasteiger partial charge in [0.1, 0.15) is 43.7 Å². The maximum atomic E-state index is 14.5. The summed E-state index contributed by atoms with van der Waals surface area (Å²) in [5.41, 5.74) is 7.34. The van der Waals surface area contributed by atoms with Gasteiger partial charge in [-0.2, -0.15) is 5.01 Å². The molecule has 13 heteroatoms. The summed E-state index contributed by atoms with van der Waals surface area (Å²) < 4.78 is 50.7. The second-order valence-electron chi connectivity index (χ2n) is 15.5. The Balaban J connectivity index is 1.30. The Bertz CT molecular complexity index is 2350. The number of methoxy groups -OCH3 is 1. The average molecular weight is 895 g/mol. The van der Waals surface area contributed by atoms with Gasteiger partial charge in [0.15, 0.2) is 6.04 Å². The van der Waals surface area contributed by atoms with E-state index in [-0.39, 0.29) is 46.2 Å². The molecule has 0 spiro atoms. The lowest BCUT2D eigenvalue weighted by atomic mass is 9.90. The molecule has 1 fully saturated rings. The van der Waals surface area contributed by atoms with Crippen molar-refractivity contribution in [3.63, 3.8) is 0 Å². The minimum atomic E-state index is -1.75. The summed E-state index contributed by atoms with van der Waals surface area (Å²) in [5.74, 6) is -0.956. The van der Waals surface area contributed by atoms with E-state index in [9.17, 15) is 14.4 Å². The minimum Gasteiger partial charge on any atom is -0.467 e. The van der Waals surface area contributed by atoms with E-state index in [4.69, 9.17) is 37.9 Å². The molecule has 6 atom stereocenters.